The average molecular weight is 279 g/mol. The Labute approximate surface area is 111 Å². The maximum atomic E-state index is 12.1. The van der Waals surface area contributed by atoms with E-state index in [0.29, 0.717) is 0 Å². The van der Waals surface area contributed by atoms with E-state index in [1.54, 1.807) is 12.1 Å². The summed E-state index contributed by atoms with van der Waals surface area (Å²) in [6.45, 7) is -0.222. The summed E-state index contributed by atoms with van der Waals surface area (Å²) in [5, 5.41) is 0. The Bertz CT molecular complexity index is 379. The van der Waals surface area contributed by atoms with Gasteiger partial charge in [0.05, 0.1) is 0 Å². The normalized spacial score (nSPS) is 19.9. The highest BCUT2D eigenvalue weighted by molar-refractivity contribution is 5.85. The summed E-state index contributed by atoms with van der Waals surface area (Å²) in [4.78, 5) is 2.21. The second-order valence-corrected chi connectivity index (χ2v) is 4.31. The van der Waals surface area contributed by atoms with Gasteiger partial charge in [0, 0.05) is 25.7 Å². The molecule has 0 aliphatic carbocycles. The van der Waals surface area contributed by atoms with Crippen molar-refractivity contribution in [2.45, 2.75) is 25.6 Å². The number of nitrogens with zero attached hydrogens (tertiary/aromatic N) is 1. The van der Waals surface area contributed by atoms with Gasteiger partial charge in [0.2, 0.25) is 0 Å². The lowest BCUT2D eigenvalue weighted by atomic mass is 10.2. The van der Waals surface area contributed by atoms with Crippen LogP contribution in [0, 0.1) is 0 Å². The van der Waals surface area contributed by atoms with E-state index in [9.17, 15) is 8.78 Å². The standard InChI is InChI=1S/C12H16F2N2O.ClH/c13-12(14)17-11-3-1-2-9(6-11)7-16-5-4-10(15)8-16;/h1-3,6,10,12H,4-5,7-8,15H2;1H. The molecule has 18 heavy (non-hydrogen) atoms. The first-order valence-corrected chi connectivity index (χ1v) is 5.65. The zero-order valence-electron chi connectivity index (χ0n) is 9.89. The summed E-state index contributed by atoms with van der Waals surface area (Å²) < 4.78 is 28.5. The van der Waals surface area contributed by atoms with Crippen LogP contribution < -0.4 is 10.5 Å². The molecule has 1 aliphatic rings. The number of hydrogen-bond acceptors (Lipinski definition) is 3. The quantitative estimate of drug-likeness (QED) is 0.918. The Balaban J connectivity index is 0.00000162. The van der Waals surface area contributed by atoms with E-state index in [2.05, 4.69) is 9.64 Å². The van der Waals surface area contributed by atoms with Gasteiger partial charge in [-0.2, -0.15) is 8.78 Å². The summed E-state index contributed by atoms with van der Waals surface area (Å²) in [5.74, 6) is 0.209. The van der Waals surface area contributed by atoms with Crippen molar-refractivity contribution < 1.29 is 13.5 Å². The fourth-order valence-electron chi connectivity index (χ4n) is 2.08. The number of rotatable bonds is 4. The van der Waals surface area contributed by atoms with Crippen LogP contribution in [0.2, 0.25) is 0 Å². The molecule has 0 aromatic heterocycles. The van der Waals surface area contributed by atoms with Crippen molar-refractivity contribution in [1.29, 1.82) is 0 Å². The first-order valence-electron chi connectivity index (χ1n) is 5.65. The maximum Gasteiger partial charge on any atom is 0.387 e. The average Bonchev–Trinajstić information content (AvgIpc) is 2.63. The van der Waals surface area contributed by atoms with Crippen LogP contribution in [-0.4, -0.2) is 30.6 Å². The van der Waals surface area contributed by atoms with Gasteiger partial charge in [-0.3, -0.25) is 4.90 Å². The zero-order valence-corrected chi connectivity index (χ0v) is 10.7. The van der Waals surface area contributed by atoms with Crippen LogP contribution in [0.1, 0.15) is 12.0 Å². The van der Waals surface area contributed by atoms with Crippen LogP contribution in [-0.2, 0) is 6.54 Å². The molecule has 0 bridgehead atoms. The molecule has 0 amide bonds. The monoisotopic (exact) mass is 278 g/mol. The predicted octanol–water partition coefficient (Wildman–Crippen LogP) is 2.24. The van der Waals surface area contributed by atoms with E-state index in [1.807, 2.05) is 6.07 Å². The van der Waals surface area contributed by atoms with Gasteiger partial charge in [-0.1, -0.05) is 12.1 Å². The lowest BCUT2D eigenvalue weighted by Gasteiger charge is -2.15. The molecule has 1 aliphatic heterocycles. The first-order chi connectivity index (χ1) is 8.13. The van der Waals surface area contributed by atoms with E-state index < -0.39 is 6.61 Å². The molecule has 3 nitrogen and oxygen atoms in total. The predicted molar refractivity (Wildman–Crippen MR) is 68.2 cm³/mol. The number of halogens is 3. The van der Waals surface area contributed by atoms with Gasteiger partial charge < -0.3 is 10.5 Å². The molecule has 1 atom stereocenters. The minimum Gasteiger partial charge on any atom is -0.435 e. The largest absolute Gasteiger partial charge is 0.435 e. The Morgan fingerprint density at radius 2 is 2.22 bits per heavy atom. The number of benzene rings is 1. The summed E-state index contributed by atoms with van der Waals surface area (Å²) in [7, 11) is 0. The second kappa shape index (κ2) is 6.87. The highest BCUT2D eigenvalue weighted by Crippen LogP contribution is 2.18. The van der Waals surface area contributed by atoms with Crippen molar-refractivity contribution in [2.24, 2.45) is 5.73 Å². The summed E-state index contributed by atoms with van der Waals surface area (Å²) in [5.41, 5.74) is 6.78. The number of ether oxygens (including phenoxy) is 1. The lowest BCUT2D eigenvalue weighted by Crippen LogP contribution is -2.26. The van der Waals surface area contributed by atoms with Crippen LogP contribution in [0.4, 0.5) is 8.78 Å². The molecule has 1 saturated heterocycles. The Kier molecular flexibility index (Phi) is 5.78. The lowest BCUT2D eigenvalue weighted by molar-refractivity contribution is -0.0499. The molecule has 0 radical (unpaired) electrons. The second-order valence-electron chi connectivity index (χ2n) is 4.31. The number of hydrogen-bond donors (Lipinski definition) is 1. The molecule has 2 N–H and O–H groups in total. The molecule has 102 valence electrons. The van der Waals surface area contributed by atoms with Gasteiger partial charge in [0.25, 0.3) is 0 Å². The molecule has 1 unspecified atom stereocenters. The fourth-order valence-corrected chi connectivity index (χ4v) is 2.08. The molecule has 1 fully saturated rings. The van der Waals surface area contributed by atoms with E-state index >= 15 is 0 Å². The van der Waals surface area contributed by atoms with Crippen LogP contribution in [0.5, 0.6) is 5.75 Å². The minimum atomic E-state index is -2.77. The van der Waals surface area contributed by atoms with Crippen molar-refractivity contribution in [3.63, 3.8) is 0 Å². The molecule has 0 spiro atoms. The number of likely N-dealkylation sites (tertiary alicyclic amines) is 1. The molecular weight excluding hydrogens is 262 g/mol. The van der Waals surface area contributed by atoms with Crippen LogP contribution in [0.25, 0.3) is 0 Å². The van der Waals surface area contributed by atoms with E-state index in [0.717, 1.165) is 31.6 Å². The highest BCUT2D eigenvalue weighted by Gasteiger charge is 2.18. The fraction of sp³-hybridized carbons (Fsp3) is 0.500. The van der Waals surface area contributed by atoms with E-state index in [-0.39, 0.29) is 24.2 Å². The number of alkyl halides is 2. The minimum absolute atomic E-state index is 0. The van der Waals surface area contributed by atoms with Crippen molar-refractivity contribution in [2.75, 3.05) is 13.1 Å². The van der Waals surface area contributed by atoms with Crippen LogP contribution in [0.15, 0.2) is 24.3 Å². The van der Waals surface area contributed by atoms with Gasteiger partial charge in [0.1, 0.15) is 5.75 Å². The molecular formula is C12H17ClF2N2O. The Morgan fingerprint density at radius 3 is 2.83 bits per heavy atom. The summed E-state index contributed by atoms with van der Waals surface area (Å²) in [6, 6.07) is 7.04. The highest BCUT2D eigenvalue weighted by atomic mass is 35.5. The van der Waals surface area contributed by atoms with Gasteiger partial charge in [-0.05, 0) is 24.1 Å². The SMILES string of the molecule is Cl.NC1CCN(Cc2cccc(OC(F)F)c2)C1. The third-order valence-electron chi connectivity index (χ3n) is 2.84. The zero-order chi connectivity index (χ0) is 12.3. The van der Waals surface area contributed by atoms with Crippen LogP contribution in [0.3, 0.4) is 0 Å². The van der Waals surface area contributed by atoms with Crippen LogP contribution >= 0.6 is 12.4 Å². The van der Waals surface area contributed by atoms with Gasteiger partial charge >= 0.3 is 6.61 Å². The Hall–Kier alpha value is -0.910. The molecule has 6 heteroatoms. The van der Waals surface area contributed by atoms with E-state index in [1.165, 1.54) is 6.07 Å². The maximum absolute atomic E-state index is 12.1. The topological polar surface area (TPSA) is 38.5 Å². The third kappa shape index (κ3) is 4.40. The molecule has 1 aromatic rings. The first kappa shape index (κ1) is 15.1. The Morgan fingerprint density at radius 1 is 1.44 bits per heavy atom. The molecule has 1 heterocycles. The van der Waals surface area contributed by atoms with Gasteiger partial charge in [0.15, 0.2) is 0 Å². The van der Waals surface area contributed by atoms with Crippen molar-refractivity contribution >= 4 is 12.4 Å². The molecule has 0 saturated carbocycles. The number of nitrogens with two attached hydrogens (primary N) is 1. The van der Waals surface area contributed by atoms with Gasteiger partial charge in [-0.25, -0.2) is 0 Å². The summed E-state index contributed by atoms with van der Waals surface area (Å²) in [6.07, 6.45) is 0.993. The van der Waals surface area contributed by atoms with Crippen molar-refractivity contribution in [3.8, 4) is 5.75 Å². The molecule has 2 rings (SSSR count). The van der Waals surface area contributed by atoms with Crippen molar-refractivity contribution in [1.82, 2.24) is 4.90 Å². The summed E-state index contributed by atoms with van der Waals surface area (Å²) >= 11 is 0. The molecule has 1 aromatic carbocycles. The third-order valence-corrected chi connectivity index (χ3v) is 2.84. The smallest absolute Gasteiger partial charge is 0.387 e. The van der Waals surface area contributed by atoms with Crippen molar-refractivity contribution in [3.05, 3.63) is 29.8 Å². The van der Waals surface area contributed by atoms with Gasteiger partial charge in [-0.15, -0.1) is 12.4 Å². The van der Waals surface area contributed by atoms with E-state index in [4.69, 9.17) is 5.73 Å².